The molecule has 0 bridgehead atoms. The van der Waals surface area contributed by atoms with Crippen LogP contribution in [0.2, 0.25) is 0 Å². The summed E-state index contributed by atoms with van der Waals surface area (Å²) in [5.74, 6) is -1.15. The number of carbonyl (C=O) groups excluding carboxylic acids is 2. The number of carbonyl (C=O) groups is 2. The molecule has 1 atom stereocenters. The number of aliphatic hydroxyl groups excluding tert-OH is 1. The van der Waals surface area contributed by atoms with Gasteiger partial charge in [0.05, 0.1) is 18.2 Å². The Kier molecular flexibility index (Phi) is 5.90. The zero-order valence-corrected chi connectivity index (χ0v) is 16.3. The number of benzene rings is 1. The number of amides is 1. The number of ether oxygens (including phenoxy) is 1. The summed E-state index contributed by atoms with van der Waals surface area (Å²) in [6, 6.07) is 10.3. The van der Waals surface area contributed by atoms with Crippen LogP contribution in [0.3, 0.4) is 0 Å². The van der Waals surface area contributed by atoms with Crippen LogP contribution in [0.5, 0.6) is 0 Å². The average Bonchev–Trinajstić information content (AvgIpc) is 2.97. The first-order chi connectivity index (χ1) is 13.5. The van der Waals surface area contributed by atoms with Crippen LogP contribution < -0.4 is 0 Å². The molecule has 1 unspecified atom stereocenters. The van der Waals surface area contributed by atoms with E-state index in [0.29, 0.717) is 18.1 Å². The second-order valence-electron chi connectivity index (χ2n) is 7.04. The monoisotopic (exact) mass is 380 g/mol. The minimum absolute atomic E-state index is 0.0876. The quantitative estimate of drug-likeness (QED) is 0.473. The zero-order chi connectivity index (χ0) is 20.3. The van der Waals surface area contributed by atoms with Gasteiger partial charge in [-0.15, -0.1) is 0 Å². The number of aliphatic hydroxyl groups is 1. The molecule has 28 heavy (non-hydrogen) atoms. The molecule has 1 saturated heterocycles. The molecule has 1 aliphatic heterocycles. The summed E-state index contributed by atoms with van der Waals surface area (Å²) in [5, 5.41) is 10.8. The van der Waals surface area contributed by atoms with Crippen LogP contribution in [0.25, 0.3) is 5.76 Å². The number of hydrogen-bond donors (Lipinski definition) is 1. The van der Waals surface area contributed by atoms with Gasteiger partial charge in [0.1, 0.15) is 5.76 Å². The first-order valence-electron chi connectivity index (χ1n) is 9.23. The predicted molar refractivity (Wildman–Crippen MR) is 106 cm³/mol. The van der Waals surface area contributed by atoms with Gasteiger partial charge >= 0.3 is 0 Å². The van der Waals surface area contributed by atoms with Crippen LogP contribution in [-0.2, 0) is 14.3 Å². The Morgan fingerprint density at radius 2 is 1.79 bits per heavy atom. The maximum atomic E-state index is 12.8. The van der Waals surface area contributed by atoms with E-state index < -0.39 is 17.7 Å². The molecule has 2 aromatic rings. The molecule has 3 rings (SSSR count). The molecule has 0 spiro atoms. The van der Waals surface area contributed by atoms with Crippen molar-refractivity contribution in [3.63, 3.8) is 0 Å². The lowest BCUT2D eigenvalue weighted by Crippen LogP contribution is -2.32. The molecule has 1 aromatic heterocycles. The molecule has 1 amide bonds. The van der Waals surface area contributed by atoms with Gasteiger partial charge in [-0.05, 0) is 29.2 Å². The van der Waals surface area contributed by atoms with Crippen molar-refractivity contribution in [3.8, 4) is 0 Å². The Morgan fingerprint density at radius 1 is 1.14 bits per heavy atom. The van der Waals surface area contributed by atoms with Crippen molar-refractivity contribution in [1.82, 2.24) is 9.88 Å². The molecule has 6 heteroatoms. The summed E-state index contributed by atoms with van der Waals surface area (Å²) in [7, 11) is 1.54. The third-order valence-corrected chi connectivity index (χ3v) is 4.95. The number of nitrogens with zero attached hydrogens (tertiary/aromatic N) is 2. The molecule has 1 N–H and O–H groups in total. The largest absolute Gasteiger partial charge is 0.507 e. The number of likely N-dealkylation sites (tertiary alicyclic amines) is 1. The smallest absolute Gasteiger partial charge is 0.295 e. The normalized spacial score (nSPS) is 18.9. The number of pyridine rings is 1. The highest BCUT2D eigenvalue weighted by Gasteiger charge is 2.45. The SMILES string of the molecule is COCCN1C(=O)C(=O)/C(=C(\O)c2ccncc2)C1c1ccc(C(C)C)cc1. The first-order valence-corrected chi connectivity index (χ1v) is 9.23. The number of aromatic nitrogens is 1. The van der Waals surface area contributed by atoms with Gasteiger partial charge in [-0.2, -0.15) is 0 Å². The number of hydrogen-bond acceptors (Lipinski definition) is 5. The fraction of sp³-hybridized carbons (Fsp3) is 0.318. The van der Waals surface area contributed by atoms with Gasteiger partial charge in [0.15, 0.2) is 0 Å². The summed E-state index contributed by atoms with van der Waals surface area (Å²) < 4.78 is 5.11. The highest BCUT2D eigenvalue weighted by molar-refractivity contribution is 6.46. The summed E-state index contributed by atoms with van der Waals surface area (Å²) in [5.41, 5.74) is 2.47. The fourth-order valence-electron chi connectivity index (χ4n) is 3.38. The van der Waals surface area contributed by atoms with Crippen molar-refractivity contribution < 1.29 is 19.4 Å². The molecule has 2 heterocycles. The number of methoxy groups -OCH3 is 1. The molecule has 0 saturated carbocycles. The Balaban J connectivity index is 2.12. The maximum absolute atomic E-state index is 12.8. The van der Waals surface area contributed by atoms with Crippen LogP contribution >= 0.6 is 0 Å². The van der Waals surface area contributed by atoms with E-state index in [1.807, 2.05) is 24.3 Å². The van der Waals surface area contributed by atoms with Crippen LogP contribution in [-0.4, -0.2) is 46.9 Å². The Labute approximate surface area is 164 Å². The second-order valence-corrected chi connectivity index (χ2v) is 7.04. The van der Waals surface area contributed by atoms with E-state index in [1.165, 1.54) is 17.3 Å². The predicted octanol–water partition coefficient (Wildman–Crippen LogP) is 3.27. The van der Waals surface area contributed by atoms with Crippen molar-refractivity contribution in [2.75, 3.05) is 20.3 Å². The Hall–Kier alpha value is -2.99. The summed E-state index contributed by atoms with van der Waals surface area (Å²) >= 11 is 0. The maximum Gasteiger partial charge on any atom is 0.295 e. The Morgan fingerprint density at radius 3 is 2.36 bits per heavy atom. The van der Waals surface area contributed by atoms with Crippen molar-refractivity contribution in [1.29, 1.82) is 0 Å². The number of rotatable bonds is 6. The van der Waals surface area contributed by atoms with E-state index in [-0.39, 0.29) is 17.9 Å². The van der Waals surface area contributed by atoms with Crippen molar-refractivity contribution in [2.24, 2.45) is 0 Å². The molecule has 1 fully saturated rings. The van der Waals surface area contributed by atoms with Crippen LogP contribution in [0.4, 0.5) is 0 Å². The van der Waals surface area contributed by atoms with Crippen LogP contribution in [0, 0.1) is 0 Å². The molecular formula is C22H24N2O4. The van der Waals surface area contributed by atoms with Crippen LogP contribution in [0.1, 0.15) is 42.5 Å². The van der Waals surface area contributed by atoms with Gasteiger partial charge in [0.25, 0.3) is 11.7 Å². The van der Waals surface area contributed by atoms with E-state index >= 15 is 0 Å². The second kappa shape index (κ2) is 8.35. The van der Waals surface area contributed by atoms with Gasteiger partial charge in [0.2, 0.25) is 0 Å². The van der Waals surface area contributed by atoms with Crippen molar-refractivity contribution >= 4 is 17.4 Å². The van der Waals surface area contributed by atoms with E-state index in [2.05, 4.69) is 18.8 Å². The molecule has 0 radical (unpaired) electrons. The number of Topliss-reactive ketones (excluding diaryl/α,β-unsaturated/α-hetero) is 1. The van der Waals surface area contributed by atoms with E-state index in [1.54, 1.807) is 19.2 Å². The lowest BCUT2D eigenvalue weighted by molar-refractivity contribution is -0.140. The van der Waals surface area contributed by atoms with E-state index in [9.17, 15) is 14.7 Å². The summed E-state index contributed by atoms with van der Waals surface area (Å²) in [6.45, 7) is 4.75. The number of ketones is 1. The standard InChI is InChI=1S/C22H24N2O4/c1-14(2)15-4-6-16(7-5-15)19-18(20(25)17-8-10-23-11-9-17)21(26)22(27)24(19)12-13-28-3/h4-11,14,19,25H,12-13H2,1-3H3/b20-18-. The van der Waals surface area contributed by atoms with Gasteiger partial charge < -0.3 is 14.7 Å². The highest BCUT2D eigenvalue weighted by Crippen LogP contribution is 2.39. The topological polar surface area (TPSA) is 79.7 Å². The average molecular weight is 380 g/mol. The van der Waals surface area contributed by atoms with Gasteiger partial charge in [-0.25, -0.2) is 0 Å². The van der Waals surface area contributed by atoms with Gasteiger partial charge in [0, 0.05) is 31.6 Å². The summed E-state index contributed by atoms with van der Waals surface area (Å²) in [6.07, 6.45) is 3.06. The summed E-state index contributed by atoms with van der Waals surface area (Å²) in [4.78, 5) is 30.9. The molecule has 1 aromatic carbocycles. The van der Waals surface area contributed by atoms with E-state index in [0.717, 1.165) is 11.1 Å². The highest BCUT2D eigenvalue weighted by atomic mass is 16.5. The Bertz CT molecular complexity index is 889. The fourth-order valence-corrected chi connectivity index (χ4v) is 3.38. The van der Waals surface area contributed by atoms with Gasteiger partial charge in [-0.3, -0.25) is 14.6 Å². The molecule has 1 aliphatic rings. The third-order valence-electron chi connectivity index (χ3n) is 4.95. The minimum Gasteiger partial charge on any atom is -0.507 e. The first kappa shape index (κ1) is 19.8. The van der Waals surface area contributed by atoms with Crippen molar-refractivity contribution in [3.05, 3.63) is 71.1 Å². The molecule has 146 valence electrons. The molecular weight excluding hydrogens is 356 g/mol. The lowest BCUT2D eigenvalue weighted by atomic mass is 9.93. The van der Waals surface area contributed by atoms with Gasteiger partial charge in [-0.1, -0.05) is 38.1 Å². The third kappa shape index (κ3) is 3.68. The van der Waals surface area contributed by atoms with Crippen LogP contribution in [0.15, 0.2) is 54.4 Å². The zero-order valence-electron chi connectivity index (χ0n) is 16.3. The lowest BCUT2D eigenvalue weighted by Gasteiger charge is -2.25. The molecule has 0 aliphatic carbocycles. The van der Waals surface area contributed by atoms with E-state index in [4.69, 9.17) is 4.74 Å². The molecule has 6 nitrogen and oxygen atoms in total. The minimum atomic E-state index is -0.691. The van der Waals surface area contributed by atoms with Crippen molar-refractivity contribution in [2.45, 2.75) is 25.8 Å².